The fourth-order valence-corrected chi connectivity index (χ4v) is 2.35. The van der Waals surface area contributed by atoms with Crippen LogP contribution in [-0.2, 0) is 4.74 Å². The first-order valence-electron chi connectivity index (χ1n) is 6.21. The van der Waals surface area contributed by atoms with E-state index in [0.29, 0.717) is 0 Å². The van der Waals surface area contributed by atoms with Crippen molar-refractivity contribution in [1.29, 1.82) is 0 Å². The van der Waals surface area contributed by atoms with E-state index in [0.717, 1.165) is 23.4 Å². The van der Waals surface area contributed by atoms with E-state index < -0.39 is 0 Å². The van der Waals surface area contributed by atoms with Crippen LogP contribution in [0.5, 0.6) is 0 Å². The Morgan fingerprint density at radius 2 is 1.88 bits per heavy atom. The van der Waals surface area contributed by atoms with Crippen molar-refractivity contribution in [1.82, 2.24) is 0 Å². The van der Waals surface area contributed by atoms with Gasteiger partial charge in [-0.15, -0.1) is 0 Å². The van der Waals surface area contributed by atoms with Crippen molar-refractivity contribution in [2.45, 2.75) is 38.7 Å². The predicted octanol–water partition coefficient (Wildman–Crippen LogP) is 5.37. The second-order valence-corrected chi connectivity index (χ2v) is 5.21. The van der Waals surface area contributed by atoms with Gasteiger partial charge in [-0.2, -0.15) is 0 Å². The highest BCUT2D eigenvalue weighted by Crippen LogP contribution is 2.22. The maximum absolute atomic E-state index is 5.87. The molecule has 0 aliphatic carbocycles. The predicted molar refractivity (Wildman–Crippen MR) is 78.1 cm³/mol. The van der Waals surface area contributed by atoms with Gasteiger partial charge in [0.05, 0.1) is 6.10 Å². The van der Waals surface area contributed by atoms with Gasteiger partial charge in [0.2, 0.25) is 0 Å². The molecule has 1 nitrogen and oxygen atoms in total. The molecule has 0 saturated carbocycles. The first-order chi connectivity index (χ1) is 8.27. The zero-order chi connectivity index (χ0) is 12.5. The first-order valence-corrected chi connectivity index (χ1v) is 7.71. The summed E-state index contributed by atoms with van der Waals surface area (Å²) < 4.78 is 5.87. The molecule has 0 saturated heterocycles. The van der Waals surface area contributed by atoms with Gasteiger partial charge in [0.25, 0.3) is 0 Å². The summed E-state index contributed by atoms with van der Waals surface area (Å²) in [5, 5.41) is 1.59. The van der Waals surface area contributed by atoms with Crippen LogP contribution in [0.3, 0.4) is 0 Å². The van der Waals surface area contributed by atoms with Crippen LogP contribution in [0.15, 0.2) is 24.3 Å². The molecule has 0 aliphatic heterocycles. The highest BCUT2D eigenvalue weighted by atomic mass is 79.9. The summed E-state index contributed by atoms with van der Waals surface area (Å²) in [5.74, 6) is 0. The lowest BCUT2D eigenvalue weighted by atomic mass is 10.1. The van der Waals surface area contributed by atoms with Gasteiger partial charge >= 0.3 is 0 Å². The maximum Gasteiger partial charge on any atom is 0.0921 e. The Balaban J connectivity index is 2.35. The van der Waals surface area contributed by atoms with Crippen molar-refractivity contribution in [2.24, 2.45) is 0 Å². The lowest BCUT2D eigenvalue weighted by Crippen LogP contribution is -2.07. The van der Waals surface area contributed by atoms with E-state index in [-0.39, 0.29) is 6.10 Å². The zero-order valence-corrected chi connectivity index (χ0v) is 12.6. The third kappa shape index (κ3) is 5.89. The zero-order valence-electron chi connectivity index (χ0n) is 10.3. The molecule has 0 heterocycles. The molecule has 1 rings (SSSR count). The summed E-state index contributed by atoms with van der Waals surface area (Å²) in [6.07, 6.45) is 5.09. The quantitative estimate of drug-likeness (QED) is 0.462. The van der Waals surface area contributed by atoms with Gasteiger partial charge < -0.3 is 4.74 Å². The van der Waals surface area contributed by atoms with E-state index in [2.05, 4.69) is 22.9 Å². The molecule has 0 N–H and O–H groups in total. The highest BCUT2D eigenvalue weighted by molar-refractivity contribution is 9.09. The van der Waals surface area contributed by atoms with Gasteiger partial charge in [-0.05, 0) is 24.1 Å². The Hall–Kier alpha value is -0.0500. The SMILES string of the molecule is CCCCCCOC(CBr)c1ccc(Cl)cc1. The van der Waals surface area contributed by atoms with Crippen molar-refractivity contribution < 1.29 is 4.74 Å². The third-order valence-electron chi connectivity index (χ3n) is 2.70. The van der Waals surface area contributed by atoms with E-state index in [4.69, 9.17) is 16.3 Å². The van der Waals surface area contributed by atoms with Crippen molar-refractivity contribution in [2.75, 3.05) is 11.9 Å². The molecule has 0 spiro atoms. The number of hydrogen-bond donors (Lipinski definition) is 0. The normalized spacial score (nSPS) is 12.6. The summed E-state index contributed by atoms with van der Waals surface area (Å²) >= 11 is 9.36. The van der Waals surface area contributed by atoms with Crippen LogP contribution in [0.25, 0.3) is 0 Å². The third-order valence-corrected chi connectivity index (χ3v) is 3.54. The molecule has 0 bridgehead atoms. The Morgan fingerprint density at radius 3 is 2.47 bits per heavy atom. The van der Waals surface area contributed by atoms with Gasteiger partial charge in [0.15, 0.2) is 0 Å². The summed E-state index contributed by atoms with van der Waals surface area (Å²) in [5.41, 5.74) is 1.18. The number of halogens is 2. The van der Waals surface area contributed by atoms with Crippen LogP contribution in [0.1, 0.15) is 44.3 Å². The Bertz CT molecular complexity index is 300. The fourth-order valence-electron chi connectivity index (χ4n) is 1.66. The first kappa shape index (κ1) is 15.0. The second-order valence-electron chi connectivity index (χ2n) is 4.13. The minimum absolute atomic E-state index is 0.133. The fraction of sp³-hybridized carbons (Fsp3) is 0.571. The molecule has 17 heavy (non-hydrogen) atoms. The van der Waals surface area contributed by atoms with Crippen molar-refractivity contribution in [3.8, 4) is 0 Å². The molecule has 96 valence electrons. The minimum atomic E-state index is 0.133. The van der Waals surface area contributed by atoms with E-state index in [1.165, 1.54) is 24.8 Å². The summed E-state index contributed by atoms with van der Waals surface area (Å²) in [6.45, 7) is 3.05. The largest absolute Gasteiger partial charge is 0.373 e. The van der Waals surface area contributed by atoms with Gasteiger partial charge in [-0.25, -0.2) is 0 Å². The second kappa shape index (κ2) is 8.96. The molecule has 1 unspecified atom stereocenters. The lowest BCUT2D eigenvalue weighted by molar-refractivity contribution is 0.0668. The summed E-state index contributed by atoms with van der Waals surface area (Å²) in [7, 11) is 0. The van der Waals surface area contributed by atoms with E-state index in [9.17, 15) is 0 Å². The van der Waals surface area contributed by atoms with E-state index in [1.54, 1.807) is 0 Å². The number of alkyl halides is 1. The summed E-state index contributed by atoms with van der Waals surface area (Å²) in [4.78, 5) is 0. The highest BCUT2D eigenvalue weighted by Gasteiger charge is 2.09. The van der Waals surface area contributed by atoms with Crippen LogP contribution in [0, 0.1) is 0 Å². The molecular weight excluding hydrogens is 300 g/mol. The topological polar surface area (TPSA) is 9.23 Å². The lowest BCUT2D eigenvalue weighted by Gasteiger charge is -2.15. The molecule has 0 radical (unpaired) electrons. The minimum Gasteiger partial charge on any atom is -0.373 e. The van der Waals surface area contributed by atoms with E-state index >= 15 is 0 Å². The van der Waals surface area contributed by atoms with Crippen molar-refractivity contribution in [3.05, 3.63) is 34.9 Å². The van der Waals surface area contributed by atoms with Crippen LogP contribution >= 0.6 is 27.5 Å². The van der Waals surface area contributed by atoms with Crippen LogP contribution in [0.2, 0.25) is 5.02 Å². The molecule has 1 aromatic carbocycles. The monoisotopic (exact) mass is 318 g/mol. The van der Waals surface area contributed by atoms with Gasteiger partial charge in [0.1, 0.15) is 0 Å². The number of benzene rings is 1. The van der Waals surface area contributed by atoms with Crippen molar-refractivity contribution in [3.63, 3.8) is 0 Å². The Kier molecular flexibility index (Phi) is 7.91. The molecule has 0 fully saturated rings. The molecular formula is C14H20BrClO. The van der Waals surface area contributed by atoms with Crippen LogP contribution < -0.4 is 0 Å². The number of hydrogen-bond acceptors (Lipinski definition) is 1. The maximum atomic E-state index is 5.87. The van der Waals surface area contributed by atoms with Crippen molar-refractivity contribution >= 4 is 27.5 Å². The van der Waals surface area contributed by atoms with Gasteiger partial charge in [0, 0.05) is 17.0 Å². The molecule has 0 amide bonds. The average molecular weight is 320 g/mol. The van der Waals surface area contributed by atoms with Crippen LogP contribution in [-0.4, -0.2) is 11.9 Å². The standard InChI is InChI=1S/C14H20BrClO/c1-2-3-4-5-10-17-14(11-15)12-6-8-13(16)9-7-12/h6-9,14H,2-5,10-11H2,1H3. The van der Waals surface area contributed by atoms with Crippen LogP contribution in [0.4, 0.5) is 0 Å². The average Bonchev–Trinajstić information content (AvgIpc) is 2.35. The number of unbranched alkanes of at least 4 members (excludes halogenated alkanes) is 3. The summed E-state index contributed by atoms with van der Waals surface area (Å²) in [6, 6.07) is 7.88. The molecule has 1 aromatic rings. The number of rotatable bonds is 8. The Labute approximate surface area is 118 Å². The molecule has 1 atom stereocenters. The molecule has 0 aliphatic rings. The van der Waals surface area contributed by atoms with E-state index in [1.807, 2.05) is 24.3 Å². The van der Waals surface area contributed by atoms with Gasteiger partial charge in [-0.1, -0.05) is 65.8 Å². The number of ether oxygens (including phenoxy) is 1. The smallest absolute Gasteiger partial charge is 0.0921 e. The Morgan fingerprint density at radius 1 is 1.18 bits per heavy atom. The molecule has 3 heteroatoms. The molecule has 0 aromatic heterocycles. The van der Waals surface area contributed by atoms with Gasteiger partial charge in [-0.3, -0.25) is 0 Å².